The maximum absolute atomic E-state index is 5.63. The summed E-state index contributed by atoms with van der Waals surface area (Å²) in [6.07, 6.45) is 6.66. The smallest absolute Gasteiger partial charge is 0.376 e. The Kier molecular flexibility index (Phi) is 17.1. The fraction of sp³-hybridized carbons (Fsp3) is 1.00. The van der Waals surface area contributed by atoms with Crippen LogP contribution >= 0.6 is 0 Å². The van der Waals surface area contributed by atoms with E-state index >= 15 is 0 Å². The topological polar surface area (TPSA) is 53.7 Å². The molecule has 0 aromatic heterocycles. The zero-order valence-electron chi connectivity index (χ0n) is 11.6. The van der Waals surface area contributed by atoms with Crippen LogP contribution in [0.5, 0.6) is 0 Å². The lowest BCUT2D eigenvalue weighted by Gasteiger charge is -2.15. The third-order valence-electron chi connectivity index (χ3n) is 2.56. The molecule has 5 heteroatoms. The fourth-order valence-electron chi connectivity index (χ4n) is 1.69. The van der Waals surface area contributed by atoms with Crippen LogP contribution in [0.15, 0.2) is 0 Å². The Balaban J connectivity index is 0. The highest BCUT2D eigenvalue weighted by atomic mass is 28.3. The lowest BCUT2D eigenvalue weighted by Crippen LogP contribution is -2.27. The summed E-state index contributed by atoms with van der Waals surface area (Å²) in [6, 6.07) is 0.536. The SMILES string of the molecule is C.CCO[SiH](OCC)OCC.NC1CCCCC1. The monoisotopic (exact) mass is 279 g/mol. The van der Waals surface area contributed by atoms with Crippen molar-refractivity contribution in [2.24, 2.45) is 5.73 Å². The van der Waals surface area contributed by atoms with Crippen LogP contribution < -0.4 is 5.73 Å². The molecule has 112 valence electrons. The van der Waals surface area contributed by atoms with Gasteiger partial charge in [0, 0.05) is 25.9 Å². The molecule has 0 unspecified atom stereocenters. The van der Waals surface area contributed by atoms with Crippen LogP contribution in [0, 0.1) is 0 Å². The zero-order chi connectivity index (χ0) is 12.9. The minimum absolute atomic E-state index is 0. The molecule has 1 rings (SSSR count). The minimum atomic E-state index is -1.73. The second kappa shape index (κ2) is 15.1. The summed E-state index contributed by atoms with van der Waals surface area (Å²) < 4.78 is 15.7. The molecule has 0 bridgehead atoms. The van der Waals surface area contributed by atoms with Gasteiger partial charge in [-0.05, 0) is 33.6 Å². The van der Waals surface area contributed by atoms with Gasteiger partial charge < -0.3 is 19.0 Å². The van der Waals surface area contributed by atoms with E-state index in [1.165, 1.54) is 32.1 Å². The van der Waals surface area contributed by atoms with Gasteiger partial charge in [0.1, 0.15) is 0 Å². The maximum atomic E-state index is 5.63. The molecule has 0 radical (unpaired) electrons. The summed E-state index contributed by atoms with van der Waals surface area (Å²) in [7, 11) is -1.73. The number of hydrogen-bond donors (Lipinski definition) is 1. The molecule has 0 amide bonds. The molecule has 1 saturated carbocycles. The van der Waals surface area contributed by atoms with E-state index in [1.807, 2.05) is 20.8 Å². The van der Waals surface area contributed by atoms with Crippen molar-refractivity contribution >= 4 is 9.53 Å². The summed E-state index contributed by atoms with van der Waals surface area (Å²) in [5.74, 6) is 0. The highest BCUT2D eigenvalue weighted by Crippen LogP contribution is 2.14. The maximum Gasteiger partial charge on any atom is 0.484 e. The highest BCUT2D eigenvalue weighted by Gasteiger charge is 2.11. The molecule has 0 aliphatic heterocycles. The molecular formula is C13H33NO3Si. The first kappa shape index (κ1) is 20.4. The molecule has 0 aromatic rings. The Morgan fingerprint density at radius 3 is 1.50 bits per heavy atom. The number of nitrogens with two attached hydrogens (primary N) is 1. The standard InChI is InChI=1S/C6H13N.C6H16O3Si.CH4/c7-6-4-2-1-3-5-6;1-4-7-10(8-5-2)9-6-3;/h6H,1-5,7H2;10H,4-6H2,1-3H3;1H4. The Morgan fingerprint density at radius 1 is 0.889 bits per heavy atom. The van der Waals surface area contributed by atoms with Gasteiger partial charge in [-0.25, -0.2) is 0 Å². The first-order chi connectivity index (χ1) is 8.24. The summed E-state index contributed by atoms with van der Waals surface area (Å²) in [5, 5.41) is 0. The lowest BCUT2D eigenvalue weighted by molar-refractivity contribution is 0.107. The molecule has 1 aliphatic rings. The normalized spacial score (nSPS) is 15.8. The average molecular weight is 279 g/mol. The Labute approximate surface area is 115 Å². The summed E-state index contributed by atoms with van der Waals surface area (Å²) in [6.45, 7) is 7.86. The Hall–Kier alpha value is 0.0569. The van der Waals surface area contributed by atoms with Crippen LogP contribution in [-0.2, 0) is 13.3 Å². The number of hydrogen-bond acceptors (Lipinski definition) is 4. The Morgan fingerprint density at radius 2 is 1.28 bits per heavy atom. The third-order valence-corrected chi connectivity index (χ3v) is 4.37. The predicted molar refractivity (Wildman–Crippen MR) is 79.8 cm³/mol. The predicted octanol–water partition coefficient (Wildman–Crippen LogP) is 2.73. The van der Waals surface area contributed by atoms with Gasteiger partial charge in [0.05, 0.1) is 0 Å². The van der Waals surface area contributed by atoms with Gasteiger partial charge in [-0.3, -0.25) is 0 Å². The van der Waals surface area contributed by atoms with Gasteiger partial charge in [-0.2, -0.15) is 0 Å². The quantitative estimate of drug-likeness (QED) is 0.760. The van der Waals surface area contributed by atoms with E-state index in [0.29, 0.717) is 25.9 Å². The van der Waals surface area contributed by atoms with Crippen LogP contribution in [0.4, 0.5) is 0 Å². The molecule has 0 saturated heterocycles. The molecule has 1 fully saturated rings. The van der Waals surface area contributed by atoms with Crippen molar-refractivity contribution in [1.29, 1.82) is 0 Å². The molecular weight excluding hydrogens is 246 g/mol. The molecule has 0 spiro atoms. The van der Waals surface area contributed by atoms with Gasteiger partial charge in [0.2, 0.25) is 0 Å². The van der Waals surface area contributed by atoms with Crippen LogP contribution in [0.2, 0.25) is 0 Å². The first-order valence-corrected chi connectivity index (χ1v) is 8.26. The molecule has 18 heavy (non-hydrogen) atoms. The van der Waals surface area contributed by atoms with Crippen LogP contribution in [0.3, 0.4) is 0 Å². The third kappa shape index (κ3) is 12.5. The Bertz CT molecular complexity index is 141. The molecule has 2 N–H and O–H groups in total. The van der Waals surface area contributed by atoms with E-state index in [0.717, 1.165) is 0 Å². The molecule has 4 nitrogen and oxygen atoms in total. The van der Waals surface area contributed by atoms with Gasteiger partial charge in [0.15, 0.2) is 0 Å². The van der Waals surface area contributed by atoms with Crippen molar-refractivity contribution < 1.29 is 13.3 Å². The minimum Gasteiger partial charge on any atom is -0.376 e. The average Bonchev–Trinajstić information content (AvgIpc) is 2.32. The van der Waals surface area contributed by atoms with Crippen molar-refractivity contribution in [2.75, 3.05) is 19.8 Å². The summed E-state index contributed by atoms with van der Waals surface area (Å²) >= 11 is 0. The number of rotatable bonds is 6. The van der Waals surface area contributed by atoms with Gasteiger partial charge in [0.25, 0.3) is 0 Å². The van der Waals surface area contributed by atoms with Crippen molar-refractivity contribution in [3.8, 4) is 0 Å². The van der Waals surface area contributed by atoms with E-state index in [4.69, 9.17) is 19.0 Å². The molecule has 0 atom stereocenters. The fourth-order valence-corrected chi connectivity index (χ4v) is 2.79. The molecule has 1 aliphatic carbocycles. The van der Waals surface area contributed by atoms with Gasteiger partial charge in [-0.1, -0.05) is 26.7 Å². The van der Waals surface area contributed by atoms with Crippen LogP contribution in [0.1, 0.15) is 60.3 Å². The van der Waals surface area contributed by atoms with Crippen molar-refractivity contribution in [3.05, 3.63) is 0 Å². The summed E-state index contributed by atoms with van der Waals surface area (Å²) in [5.41, 5.74) is 5.63. The van der Waals surface area contributed by atoms with E-state index in [1.54, 1.807) is 0 Å². The summed E-state index contributed by atoms with van der Waals surface area (Å²) in [4.78, 5) is 0. The van der Waals surface area contributed by atoms with Crippen LogP contribution in [0.25, 0.3) is 0 Å². The van der Waals surface area contributed by atoms with E-state index in [9.17, 15) is 0 Å². The van der Waals surface area contributed by atoms with Crippen molar-refractivity contribution in [2.45, 2.75) is 66.3 Å². The highest BCUT2D eigenvalue weighted by molar-refractivity contribution is 6.36. The second-order valence-corrected chi connectivity index (χ2v) is 5.63. The zero-order valence-corrected chi connectivity index (χ0v) is 12.8. The lowest BCUT2D eigenvalue weighted by atomic mass is 9.97. The van der Waals surface area contributed by atoms with E-state index in [-0.39, 0.29) is 7.43 Å². The van der Waals surface area contributed by atoms with Gasteiger partial charge >= 0.3 is 9.53 Å². The van der Waals surface area contributed by atoms with E-state index in [2.05, 4.69) is 0 Å². The van der Waals surface area contributed by atoms with Gasteiger partial charge in [-0.15, -0.1) is 0 Å². The molecule has 0 heterocycles. The second-order valence-electron chi connectivity index (χ2n) is 4.05. The van der Waals surface area contributed by atoms with Crippen molar-refractivity contribution in [3.63, 3.8) is 0 Å². The first-order valence-electron chi connectivity index (χ1n) is 6.84. The van der Waals surface area contributed by atoms with Crippen molar-refractivity contribution in [1.82, 2.24) is 0 Å². The molecule has 0 aromatic carbocycles. The van der Waals surface area contributed by atoms with Crippen LogP contribution in [-0.4, -0.2) is 35.4 Å². The largest absolute Gasteiger partial charge is 0.484 e. The van der Waals surface area contributed by atoms with E-state index < -0.39 is 9.53 Å².